The van der Waals surface area contributed by atoms with Crippen LogP contribution in [0.1, 0.15) is 38.2 Å². The molecular formula is C15H24ClN3O2S. The molecule has 1 aliphatic heterocycles. The molecule has 2 rings (SSSR count). The van der Waals surface area contributed by atoms with Crippen LogP contribution in [0.2, 0.25) is 5.02 Å². The Hall–Kier alpha value is -0.660. The van der Waals surface area contributed by atoms with Crippen molar-refractivity contribution in [3.63, 3.8) is 0 Å². The number of rotatable bonds is 8. The topological polar surface area (TPSA) is 70.2 Å². The monoisotopic (exact) mass is 345 g/mol. The minimum absolute atomic E-state index is 0.169. The first-order chi connectivity index (χ1) is 10.4. The largest absolute Gasteiger partial charge is 0.312 e. The molecule has 1 saturated heterocycles. The molecule has 0 aromatic heterocycles. The van der Waals surface area contributed by atoms with Crippen LogP contribution < -0.4 is 14.8 Å². The second-order valence-electron chi connectivity index (χ2n) is 6.04. The van der Waals surface area contributed by atoms with Gasteiger partial charge in [0, 0.05) is 23.7 Å². The third kappa shape index (κ3) is 5.85. The Bertz CT molecular complexity index is 569. The third-order valence-corrected chi connectivity index (χ3v) is 5.39. The van der Waals surface area contributed by atoms with Crippen LogP contribution in [0.15, 0.2) is 24.3 Å². The number of benzene rings is 1. The van der Waals surface area contributed by atoms with Crippen LogP contribution in [-0.4, -0.2) is 27.0 Å². The van der Waals surface area contributed by atoms with Crippen LogP contribution >= 0.6 is 11.6 Å². The molecule has 0 saturated carbocycles. The van der Waals surface area contributed by atoms with Crippen molar-refractivity contribution in [3.05, 3.63) is 34.9 Å². The molecular weight excluding hydrogens is 322 g/mol. The summed E-state index contributed by atoms with van der Waals surface area (Å²) in [6.45, 7) is 3.97. The highest BCUT2D eigenvalue weighted by atomic mass is 35.5. The first kappa shape index (κ1) is 17.7. The number of halogens is 1. The van der Waals surface area contributed by atoms with Gasteiger partial charge in [-0.3, -0.25) is 0 Å². The molecule has 124 valence electrons. The van der Waals surface area contributed by atoms with Crippen LogP contribution in [-0.2, 0) is 16.8 Å². The molecule has 0 amide bonds. The summed E-state index contributed by atoms with van der Waals surface area (Å²) >= 11 is 5.80. The minimum Gasteiger partial charge on any atom is -0.312 e. The Morgan fingerprint density at radius 1 is 1.27 bits per heavy atom. The van der Waals surface area contributed by atoms with Gasteiger partial charge in [-0.2, -0.15) is 13.1 Å². The Morgan fingerprint density at radius 2 is 2.00 bits per heavy atom. The fourth-order valence-corrected chi connectivity index (χ4v) is 3.69. The van der Waals surface area contributed by atoms with E-state index in [9.17, 15) is 8.42 Å². The van der Waals surface area contributed by atoms with Gasteiger partial charge in [0.1, 0.15) is 0 Å². The molecule has 3 N–H and O–H groups in total. The Balaban J connectivity index is 1.68. The van der Waals surface area contributed by atoms with E-state index in [4.69, 9.17) is 11.6 Å². The molecule has 7 heteroatoms. The second kappa shape index (κ2) is 7.75. The zero-order chi connectivity index (χ0) is 16.1. The SMILES string of the molecule is C[C@]1(CCCNS(=O)(=O)NCc2ccc(Cl)cc2)CCCN1. The fraction of sp³-hybridized carbons (Fsp3) is 0.600. The first-order valence-electron chi connectivity index (χ1n) is 7.62. The molecule has 1 heterocycles. The van der Waals surface area contributed by atoms with Crippen molar-refractivity contribution < 1.29 is 8.42 Å². The van der Waals surface area contributed by atoms with E-state index in [1.807, 2.05) is 0 Å². The van der Waals surface area contributed by atoms with Crippen molar-refractivity contribution >= 4 is 21.8 Å². The van der Waals surface area contributed by atoms with E-state index < -0.39 is 10.2 Å². The number of nitrogens with one attached hydrogen (secondary N) is 3. The van der Waals surface area contributed by atoms with Crippen molar-refractivity contribution in [1.29, 1.82) is 0 Å². The molecule has 0 aliphatic carbocycles. The van der Waals surface area contributed by atoms with Gasteiger partial charge in [0.05, 0.1) is 0 Å². The second-order valence-corrected chi connectivity index (χ2v) is 8.06. The maximum absolute atomic E-state index is 11.9. The zero-order valence-electron chi connectivity index (χ0n) is 12.9. The summed E-state index contributed by atoms with van der Waals surface area (Å²) < 4.78 is 28.9. The summed E-state index contributed by atoms with van der Waals surface area (Å²) in [6.07, 6.45) is 4.16. The van der Waals surface area contributed by atoms with E-state index >= 15 is 0 Å². The molecule has 1 fully saturated rings. The highest BCUT2D eigenvalue weighted by molar-refractivity contribution is 7.87. The van der Waals surface area contributed by atoms with E-state index in [1.54, 1.807) is 24.3 Å². The Kier molecular flexibility index (Phi) is 6.23. The van der Waals surface area contributed by atoms with Gasteiger partial charge in [-0.15, -0.1) is 0 Å². The van der Waals surface area contributed by atoms with E-state index in [2.05, 4.69) is 21.7 Å². The van der Waals surface area contributed by atoms with Gasteiger partial charge in [-0.05, 0) is 56.8 Å². The molecule has 22 heavy (non-hydrogen) atoms. The maximum Gasteiger partial charge on any atom is 0.277 e. The summed E-state index contributed by atoms with van der Waals surface area (Å²) in [7, 11) is -3.46. The summed E-state index contributed by atoms with van der Waals surface area (Å²) in [6, 6.07) is 7.09. The lowest BCUT2D eigenvalue weighted by molar-refractivity contribution is 0.373. The van der Waals surface area contributed by atoms with Gasteiger partial charge in [0.2, 0.25) is 0 Å². The molecule has 1 aliphatic rings. The zero-order valence-corrected chi connectivity index (χ0v) is 14.4. The van der Waals surface area contributed by atoms with Crippen LogP contribution in [0.5, 0.6) is 0 Å². The lowest BCUT2D eigenvalue weighted by Gasteiger charge is -2.24. The quantitative estimate of drug-likeness (QED) is 0.632. The van der Waals surface area contributed by atoms with Crippen LogP contribution in [0.4, 0.5) is 0 Å². The summed E-state index contributed by atoms with van der Waals surface area (Å²) in [4.78, 5) is 0. The number of hydrogen-bond donors (Lipinski definition) is 3. The van der Waals surface area contributed by atoms with Crippen molar-refractivity contribution in [3.8, 4) is 0 Å². The average molecular weight is 346 g/mol. The number of hydrogen-bond acceptors (Lipinski definition) is 3. The molecule has 0 bridgehead atoms. The summed E-state index contributed by atoms with van der Waals surface area (Å²) in [5.41, 5.74) is 1.04. The molecule has 1 aromatic carbocycles. The average Bonchev–Trinajstić information content (AvgIpc) is 2.90. The van der Waals surface area contributed by atoms with E-state index in [0.717, 1.165) is 31.4 Å². The summed E-state index contributed by atoms with van der Waals surface area (Å²) in [5, 5.41) is 4.12. The Labute approximate surface area is 138 Å². The summed E-state index contributed by atoms with van der Waals surface area (Å²) in [5.74, 6) is 0. The van der Waals surface area contributed by atoms with Crippen molar-refractivity contribution in [2.24, 2.45) is 0 Å². The maximum atomic E-state index is 11.9. The van der Waals surface area contributed by atoms with Crippen LogP contribution in [0.3, 0.4) is 0 Å². The fourth-order valence-electron chi connectivity index (χ4n) is 2.69. The molecule has 1 aromatic rings. The van der Waals surface area contributed by atoms with Gasteiger partial charge in [0.25, 0.3) is 10.2 Å². The van der Waals surface area contributed by atoms with Gasteiger partial charge in [-0.25, -0.2) is 4.72 Å². The molecule has 5 nitrogen and oxygen atoms in total. The van der Waals surface area contributed by atoms with Crippen molar-refractivity contribution in [2.75, 3.05) is 13.1 Å². The van der Waals surface area contributed by atoms with Crippen molar-refractivity contribution in [1.82, 2.24) is 14.8 Å². The highest BCUT2D eigenvalue weighted by Gasteiger charge is 2.27. The lowest BCUT2D eigenvalue weighted by atomic mass is 9.94. The van der Waals surface area contributed by atoms with Gasteiger partial charge in [-0.1, -0.05) is 23.7 Å². The predicted molar refractivity (Wildman–Crippen MR) is 90.1 cm³/mol. The van der Waals surface area contributed by atoms with Crippen LogP contribution in [0, 0.1) is 0 Å². The molecule has 1 atom stereocenters. The van der Waals surface area contributed by atoms with E-state index in [0.29, 0.717) is 11.6 Å². The van der Waals surface area contributed by atoms with Crippen LogP contribution in [0.25, 0.3) is 0 Å². The third-order valence-electron chi connectivity index (χ3n) is 4.03. The minimum atomic E-state index is -3.46. The molecule has 0 spiro atoms. The normalized spacial score (nSPS) is 22.1. The standard InChI is InChI=1S/C15H24ClN3O2S/c1-15(8-2-10-17-15)9-3-11-18-22(20,21)19-12-13-4-6-14(16)7-5-13/h4-7,17-19H,2-3,8-12H2,1H3/t15-/m1/s1. The van der Waals surface area contributed by atoms with Gasteiger partial charge >= 0.3 is 0 Å². The molecule has 0 radical (unpaired) electrons. The van der Waals surface area contributed by atoms with Gasteiger partial charge < -0.3 is 5.32 Å². The Morgan fingerprint density at radius 3 is 2.64 bits per heavy atom. The lowest BCUT2D eigenvalue weighted by Crippen LogP contribution is -2.39. The predicted octanol–water partition coefficient (Wildman–Crippen LogP) is 2.19. The van der Waals surface area contributed by atoms with E-state index in [-0.39, 0.29) is 12.1 Å². The first-order valence-corrected chi connectivity index (χ1v) is 9.48. The van der Waals surface area contributed by atoms with Crippen molar-refractivity contribution in [2.45, 2.75) is 44.7 Å². The van der Waals surface area contributed by atoms with E-state index in [1.165, 1.54) is 6.42 Å². The molecule has 0 unspecified atom stereocenters. The highest BCUT2D eigenvalue weighted by Crippen LogP contribution is 2.23. The smallest absolute Gasteiger partial charge is 0.277 e. The van der Waals surface area contributed by atoms with Gasteiger partial charge in [0.15, 0.2) is 0 Å².